The molecule has 3 aromatic rings. The monoisotopic (exact) mass is 466 g/mol. The predicted octanol–water partition coefficient (Wildman–Crippen LogP) is 2.20. The van der Waals surface area contributed by atoms with Crippen LogP contribution >= 0.6 is 0 Å². The Balaban J connectivity index is 1.67. The highest BCUT2D eigenvalue weighted by Gasteiger charge is 2.32. The maximum atomic E-state index is 10.4. The van der Waals surface area contributed by atoms with E-state index in [9.17, 15) is 5.11 Å². The molecule has 1 saturated carbocycles. The number of imidazole rings is 1. The van der Waals surface area contributed by atoms with Crippen molar-refractivity contribution in [2.24, 2.45) is 0 Å². The number of hydrogen-bond donors (Lipinski definition) is 2. The first-order valence-electron chi connectivity index (χ1n) is 11.4. The standard InChI is InChI=1S/C24H30N6O4/c1-24(32)7-5-18(6-8-24)29(2)23-20(34-12-11-33-10-9-31)13-19-22(28-23)30(16-27-19)21-4-3-17(14-25)15-26-21/h3-4,13,15-16,18,31-32H,5-12H2,1-2H3/t18-,24+. The van der Waals surface area contributed by atoms with Crippen molar-refractivity contribution in [3.8, 4) is 17.6 Å². The van der Waals surface area contributed by atoms with Crippen molar-refractivity contribution in [3.63, 3.8) is 0 Å². The molecule has 3 heterocycles. The van der Waals surface area contributed by atoms with Gasteiger partial charge in [-0.2, -0.15) is 5.26 Å². The average Bonchev–Trinajstić information content (AvgIpc) is 3.26. The Kier molecular flexibility index (Phi) is 7.26. The molecule has 0 unspecified atom stereocenters. The van der Waals surface area contributed by atoms with Crippen LogP contribution in [0.5, 0.6) is 5.75 Å². The molecule has 10 nitrogen and oxygen atoms in total. The van der Waals surface area contributed by atoms with Crippen LogP contribution in [-0.4, -0.2) is 74.9 Å². The van der Waals surface area contributed by atoms with E-state index >= 15 is 0 Å². The number of fused-ring (bicyclic) bond motifs is 1. The molecule has 0 aromatic carbocycles. The molecule has 0 atom stereocenters. The van der Waals surface area contributed by atoms with E-state index in [0.717, 1.165) is 25.7 Å². The Morgan fingerprint density at radius 2 is 2.03 bits per heavy atom. The summed E-state index contributed by atoms with van der Waals surface area (Å²) in [4.78, 5) is 15.9. The molecule has 10 heteroatoms. The summed E-state index contributed by atoms with van der Waals surface area (Å²) in [7, 11) is 1.99. The number of nitriles is 1. The number of anilines is 1. The smallest absolute Gasteiger partial charge is 0.173 e. The van der Waals surface area contributed by atoms with Gasteiger partial charge in [-0.1, -0.05) is 0 Å². The van der Waals surface area contributed by atoms with E-state index in [4.69, 9.17) is 24.8 Å². The normalized spacial score (nSPS) is 20.3. The van der Waals surface area contributed by atoms with Crippen molar-refractivity contribution in [1.82, 2.24) is 19.5 Å². The van der Waals surface area contributed by atoms with Crippen LogP contribution in [0.3, 0.4) is 0 Å². The molecule has 1 aliphatic rings. The van der Waals surface area contributed by atoms with Crippen molar-refractivity contribution in [2.45, 2.75) is 44.2 Å². The van der Waals surface area contributed by atoms with Crippen LogP contribution in [0.2, 0.25) is 0 Å². The van der Waals surface area contributed by atoms with Gasteiger partial charge in [0.25, 0.3) is 0 Å². The Labute approximate surface area is 198 Å². The second kappa shape index (κ2) is 10.3. The maximum Gasteiger partial charge on any atom is 0.173 e. The molecule has 2 N–H and O–H groups in total. The number of ether oxygens (including phenoxy) is 2. The van der Waals surface area contributed by atoms with Gasteiger partial charge in [0.15, 0.2) is 17.2 Å². The fourth-order valence-electron chi connectivity index (χ4n) is 4.20. The molecular weight excluding hydrogens is 436 g/mol. The van der Waals surface area contributed by atoms with Gasteiger partial charge in [0.05, 0.1) is 31.0 Å². The molecule has 4 rings (SSSR count). The summed E-state index contributed by atoms with van der Waals surface area (Å²) >= 11 is 0. The van der Waals surface area contributed by atoms with Crippen molar-refractivity contribution in [2.75, 3.05) is 38.4 Å². The summed E-state index contributed by atoms with van der Waals surface area (Å²) in [5, 5.41) is 28.3. The van der Waals surface area contributed by atoms with Gasteiger partial charge in [-0.05, 0) is 44.7 Å². The second-order valence-corrected chi connectivity index (χ2v) is 8.81. The van der Waals surface area contributed by atoms with E-state index < -0.39 is 5.60 Å². The first kappa shape index (κ1) is 23.9. The Morgan fingerprint density at radius 3 is 2.71 bits per heavy atom. The zero-order valence-electron chi connectivity index (χ0n) is 19.5. The number of aliphatic hydroxyl groups excluding tert-OH is 1. The van der Waals surface area contributed by atoms with Crippen LogP contribution in [0.1, 0.15) is 38.2 Å². The lowest BCUT2D eigenvalue weighted by Crippen LogP contribution is -2.41. The molecule has 0 radical (unpaired) electrons. The van der Waals surface area contributed by atoms with Crippen molar-refractivity contribution >= 4 is 17.0 Å². The minimum Gasteiger partial charge on any atom is -0.487 e. The molecule has 0 saturated heterocycles. The summed E-state index contributed by atoms with van der Waals surface area (Å²) in [6.45, 7) is 2.77. The third kappa shape index (κ3) is 5.28. The van der Waals surface area contributed by atoms with Crippen LogP contribution in [0.25, 0.3) is 17.0 Å². The maximum absolute atomic E-state index is 10.4. The fraction of sp³-hybridized carbons (Fsp3) is 0.500. The lowest BCUT2D eigenvalue weighted by atomic mass is 9.83. The van der Waals surface area contributed by atoms with E-state index in [2.05, 4.69) is 20.9 Å². The molecule has 180 valence electrons. The minimum absolute atomic E-state index is 0.0340. The summed E-state index contributed by atoms with van der Waals surface area (Å²) in [5.74, 6) is 1.89. The highest BCUT2D eigenvalue weighted by atomic mass is 16.5. The number of rotatable bonds is 9. The number of pyridine rings is 2. The summed E-state index contributed by atoms with van der Waals surface area (Å²) in [6.07, 6.45) is 6.32. The number of aliphatic hydroxyl groups is 2. The Bertz CT molecular complexity index is 1140. The molecular formula is C24H30N6O4. The minimum atomic E-state index is -0.627. The highest BCUT2D eigenvalue weighted by Crippen LogP contribution is 2.36. The van der Waals surface area contributed by atoms with E-state index in [-0.39, 0.29) is 19.3 Å². The van der Waals surface area contributed by atoms with Gasteiger partial charge in [-0.3, -0.25) is 4.57 Å². The fourth-order valence-corrected chi connectivity index (χ4v) is 4.20. The molecule has 0 spiro atoms. The Morgan fingerprint density at radius 1 is 1.24 bits per heavy atom. The molecule has 34 heavy (non-hydrogen) atoms. The topological polar surface area (TPSA) is 130 Å². The van der Waals surface area contributed by atoms with E-state index in [0.29, 0.717) is 47.3 Å². The van der Waals surface area contributed by atoms with Gasteiger partial charge < -0.3 is 24.6 Å². The second-order valence-electron chi connectivity index (χ2n) is 8.81. The van der Waals surface area contributed by atoms with E-state index in [1.165, 1.54) is 6.20 Å². The number of nitrogens with zero attached hydrogens (tertiary/aromatic N) is 6. The van der Waals surface area contributed by atoms with Gasteiger partial charge in [-0.25, -0.2) is 15.0 Å². The van der Waals surface area contributed by atoms with E-state index in [1.54, 1.807) is 23.0 Å². The third-order valence-electron chi connectivity index (χ3n) is 6.23. The quantitative estimate of drug-likeness (QED) is 0.456. The van der Waals surface area contributed by atoms with Gasteiger partial charge >= 0.3 is 0 Å². The average molecular weight is 467 g/mol. The zero-order chi connectivity index (χ0) is 24.1. The van der Waals surface area contributed by atoms with Crippen LogP contribution in [-0.2, 0) is 4.74 Å². The predicted molar refractivity (Wildman–Crippen MR) is 126 cm³/mol. The zero-order valence-corrected chi connectivity index (χ0v) is 19.5. The third-order valence-corrected chi connectivity index (χ3v) is 6.23. The largest absolute Gasteiger partial charge is 0.487 e. The molecule has 1 fully saturated rings. The van der Waals surface area contributed by atoms with Gasteiger partial charge in [0, 0.05) is 25.4 Å². The summed E-state index contributed by atoms with van der Waals surface area (Å²) in [5.41, 5.74) is 1.14. The molecule has 0 amide bonds. The summed E-state index contributed by atoms with van der Waals surface area (Å²) in [6, 6.07) is 7.61. The molecule has 1 aliphatic carbocycles. The van der Waals surface area contributed by atoms with Gasteiger partial charge in [0.2, 0.25) is 0 Å². The first-order chi connectivity index (χ1) is 16.4. The number of hydrogen-bond acceptors (Lipinski definition) is 9. The Hall–Kier alpha value is -3.26. The van der Waals surface area contributed by atoms with Crippen LogP contribution in [0.4, 0.5) is 5.82 Å². The van der Waals surface area contributed by atoms with Crippen molar-refractivity contribution in [3.05, 3.63) is 36.3 Å². The summed E-state index contributed by atoms with van der Waals surface area (Å²) < 4.78 is 13.1. The van der Waals surface area contributed by atoms with Crippen molar-refractivity contribution in [1.29, 1.82) is 5.26 Å². The lowest BCUT2D eigenvalue weighted by molar-refractivity contribution is 0.0174. The first-order valence-corrected chi connectivity index (χ1v) is 11.4. The lowest BCUT2D eigenvalue weighted by Gasteiger charge is -2.38. The molecule has 0 bridgehead atoms. The van der Waals surface area contributed by atoms with Crippen LogP contribution in [0.15, 0.2) is 30.7 Å². The number of aromatic nitrogens is 4. The molecule has 3 aromatic heterocycles. The SMILES string of the molecule is CN(c1nc2c(cc1OCCOCCO)ncn2-c1ccc(C#N)cn1)[C@H]1CC[C@@](C)(O)CC1. The van der Waals surface area contributed by atoms with Gasteiger partial charge in [0.1, 0.15) is 30.3 Å². The van der Waals surface area contributed by atoms with Gasteiger partial charge in [-0.15, -0.1) is 0 Å². The van der Waals surface area contributed by atoms with Crippen LogP contribution in [0, 0.1) is 11.3 Å². The van der Waals surface area contributed by atoms with Crippen LogP contribution < -0.4 is 9.64 Å². The van der Waals surface area contributed by atoms with Crippen molar-refractivity contribution < 1.29 is 19.7 Å². The highest BCUT2D eigenvalue weighted by molar-refractivity contribution is 5.78. The van der Waals surface area contributed by atoms with E-state index in [1.807, 2.05) is 20.0 Å². The molecule has 0 aliphatic heterocycles.